The maximum absolute atomic E-state index is 5.68. The number of aryl methyl sites for hydroxylation is 3. The van der Waals surface area contributed by atoms with Gasteiger partial charge in [-0.15, -0.1) is 0 Å². The van der Waals surface area contributed by atoms with Gasteiger partial charge in [-0.25, -0.2) is 0 Å². The van der Waals surface area contributed by atoms with E-state index in [0.29, 0.717) is 4.99 Å². The SMILES string of the molecule is Cc1cc(C)c(OC(C)C(N)=S)cc1C. The van der Waals surface area contributed by atoms with E-state index in [1.807, 2.05) is 19.9 Å². The molecule has 1 aromatic carbocycles. The first-order valence-corrected chi connectivity index (χ1v) is 5.36. The smallest absolute Gasteiger partial charge is 0.145 e. The molecule has 1 aromatic rings. The van der Waals surface area contributed by atoms with Crippen molar-refractivity contribution in [3.63, 3.8) is 0 Å². The van der Waals surface area contributed by atoms with Crippen molar-refractivity contribution < 1.29 is 4.74 Å². The average molecular weight is 223 g/mol. The van der Waals surface area contributed by atoms with Crippen molar-refractivity contribution in [2.45, 2.75) is 33.8 Å². The molecule has 15 heavy (non-hydrogen) atoms. The first-order valence-electron chi connectivity index (χ1n) is 4.95. The molecule has 0 fully saturated rings. The third-order valence-electron chi connectivity index (χ3n) is 2.50. The van der Waals surface area contributed by atoms with E-state index < -0.39 is 0 Å². The zero-order chi connectivity index (χ0) is 11.6. The standard InChI is InChI=1S/C12H17NOS/c1-7-5-9(3)11(6-8(7)2)14-10(4)12(13)15/h5-6,10H,1-4H3,(H2,13,15). The number of thiocarbonyl (C=S) groups is 1. The van der Waals surface area contributed by atoms with Crippen LogP contribution in [0.5, 0.6) is 5.75 Å². The van der Waals surface area contributed by atoms with Crippen molar-refractivity contribution in [3.05, 3.63) is 28.8 Å². The summed E-state index contributed by atoms with van der Waals surface area (Å²) in [7, 11) is 0. The van der Waals surface area contributed by atoms with Gasteiger partial charge in [0.2, 0.25) is 0 Å². The van der Waals surface area contributed by atoms with Gasteiger partial charge in [-0.2, -0.15) is 0 Å². The van der Waals surface area contributed by atoms with Crippen molar-refractivity contribution in [1.82, 2.24) is 0 Å². The van der Waals surface area contributed by atoms with E-state index in [4.69, 9.17) is 22.7 Å². The van der Waals surface area contributed by atoms with Crippen LogP contribution >= 0.6 is 12.2 Å². The van der Waals surface area contributed by atoms with Crippen LogP contribution < -0.4 is 10.5 Å². The van der Waals surface area contributed by atoms with Crippen LogP contribution in [0, 0.1) is 20.8 Å². The van der Waals surface area contributed by atoms with E-state index >= 15 is 0 Å². The Balaban J connectivity index is 2.95. The van der Waals surface area contributed by atoms with Gasteiger partial charge in [0.15, 0.2) is 0 Å². The first kappa shape index (κ1) is 12.0. The van der Waals surface area contributed by atoms with Crippen LogP contribution in [0.15, 0.2) is 12.1 Å². The van der Waals surface area contributed by atoms with Gasteiger partial charge in [0.25, 0.3) is 0 Å². The molecule has 1 unspecified atom stereocenters. The van der Waals surface area contributed by atoms with Crippen LogP contribution in [0.4, 0.5) is 0 Å². The molecule has 0 aromatic heterocycles. The predicted octanol–water partition coefficient (Wildman–Crippen LogP) is 2.67. The van der Waals surface area contributed by atoms with Crippen LogP contribution in [-0.2, 0) is 0 Å². The Hall–Kier alpha value is -1.09. The minimum Gasteiger partial charge on any atom is -0.483 e. The average Bonchev–Trinajstić information content (AvgIpc) is 2.13. The van der Waals surface area contributed by atoms with E-state index in [1.54, 1.807) is 0 Å². The molecule has 0 radical (unpaired) electrons. The van der Waals surface area contributed by atoms with Crippen LogP contribution in [0.1, 0.15) is 23.6 Å². The van der Waals surface area contributed by atoms with Crippen LogP contribution in [0.2, 0.25) is 0 Å². The molecule has 82 valence electrons. The highest BCUT2D eigenvalue weighted by molar-refractivity contribution is 7.80. The van der Waals surface area contributed by atoms with E-state index in [1.165, 1.54) is 11.1 Å². The zero-order valence-corrected chi connectivity index (χ0v) is 10.4. The van der Waals surface area contributed by atoms with E-state index in [-0.39, 0.29) is 6.10 Å². The van der Waals surface area contributed by atoms with Crippen molar-refractivity contribution >= 4 is 17.2 Å². The molecule has 0 saturated heterocycles. The van der Waals surface area contributed by atoms with Gasteiger partial charge in [0, 0.05) is 0 Å². The molecule has 0 saturated carbocycles. The third kappa shape index (κ3) is 2.93. The Bertz CT molecular complexity index is 387. The zero-order valence-electron chi connectivity index (χ0n) is 9.63. The lowest BCUT2D eigenvalue weighted by molar-refractivity contribution is 0.286. The Labute approximate surface area is 96.4 Å². The Morgan fingerprint density at radius 1 is 1.20 bits per heavy atom. The van der Waals surface area contributed by atoms with Crippen LogP contribution in [0.25, 0.3) is 0 Å². The predicted molar refractivity (Wildman–Crippen MR) is 67.5 cm³/mol. The fourth-order valence-corrected chi connectivity index (χ4v) is 1.36. The molecule has 2 nitrogen and oxygen atoms in total. The Morgan fingerprint density at radius 2 is 1.73 bits per heavy atom. The molecule has 1 rings (SSSR count). The second kappa shape index (κ2) is 4.62. The highest BCUT2D eigenvalue weighted by Gasteiger charge is 2.09. The molecular weight excluding hydrogens is 206 g/mol. The second-order valence-corrected chi connectivity index (χ2v) is 4.34. The molecular formula is C12H17NOS. The first-order chi connectivity index (χ1) is 6.91. The fourth-order valence-electron chi connectivity index (χ4n) is 1.31. The molecule has 0 amide bonds. The van der Waals surface area contributed by atoms with Gasteiger partial charge in [-0.05, 0) is 50.5 Å². The van der Waals surface area contributed by atoms with Crippen molar-refractivity contribution in [2.24, 2.45) is 5.73 Å². The Morgan fingerprint density at radius 3 is 2.27 bits per heavy atom. The lowest BCUT2D eigenvalue weighted by Gasteiger charge is -2.16. The topological polar surface area (TPSA) is 35.2 Å². The van der Waals surface area contributed by atoms with E-state index in [0.717, 1.165) is 11.3 Å². The molecule has 0 heterocycles. The summed E-state index contributed by atoms with van der Waals surface area (Å²) in [6.07, 6.45) is -0.221. The van der Waals surface area contributed by atoms with Gasteiger partial charge in [-0.1, -0.05) is 18.3 Å². The van der Waals surface area contributed by atoms with Gasteiger partial charge in [-0.3, -0.25) is 0 Å². The second-order valence-electron chi connectivity index (χ2n) is 3.86. The number of rotatable bonds is 3. The summed E-state index contributed by atoms with van der Waals surface area (Å²) >= 11 is 4.87. The largest absolute Gasteiger partial charge is 0.483 e. The van der Waals surface area contributed by atoms with E-state index in [9.17, 15) is 0 Å². The summed E-state index contributed by atoms with van der Waals surface area (Å²) in [4.78, 5) is 0.382. The molecule has 3 heteroatoms. The summed E-state index contributed by atoms with van der Waals surface area (Å²) in [6, 6.07) is 4.14. The lowest BCUT2D eigenvalue weighted by atomic mass is 10.1. The van der Waals surface area contributed by atoms with Crippen molar-refractivity contribution in [3.8, 4) is 5.75 Å². The molecule has 2 N–H and O–H groups in total. The molecule has 1 atom stereocenters. The van der Waals surface area contributed by atoms with Crippen molar-refractivity contribution in [1.29, 1.82) is 0 Å². The van der Waals surface area contributed by atoms with Crippen molar-refractivity contribution in [2.75, 3.05) is 0 Å². The molecule has 0 spiro atoms. The minimum absolute atomic E-state index is 0.221. The number of hydrogen-bond acceptors (Lipinski definition) is 2. The molecule has 0 aliphatic heterocycles. The lowest BCUT2D eigenvalue weighted by Crippen LogP contribution is -2.29. The monoisotopic (exact) mass is 223 g/mol. The molecule has 0 aliphatic rings. The maximum Gasteiger partial charge on any atom is 0.145 e. The maximum atomic E-state index is 5.68. The summed E-state index contributed by atoms with van der Waals surface area (Å²) in [5.41, 5.74) is 9.10. The Kier molecular flexibility index (Phi) is 3.69. The summed E-state index contributed by atoms with van der Waals surface area (Å²) in [6.45, 7) is 8.03. The highest BCUT2D eigenvalue weighted by Crippen LogP contribution is 2.23. The summed E-state index contributed by atoms with van der Waals surface area (Å²) < 4.78 is 5.68. The summed E-state index contributed by atoms with van der Waals surface area (Å²) in [5.74, 6) is 0.860. The minimum atomic E-state index is -0.221. The number of benzene rings is 1. The number of hydrogen-bond donors (Lipinski definition) is 1. The molecule has 0 aliphatic carbocycles. The fraction of sp³-hybridized carbons (Fsp3) is 0.417. The van der Waals surface area contributed by atoms with Crippen LogP contribution in [0.3, 0.4) is 0 Å². The highest BCUT2D eigenvalue weighted by atomic mass is 32.1. The van der Waals surface area contributed by atoms with Crippen LogP contribution in [-0.4, -0.2) is 11.1 Å². The normalized spacial score (nSPS) is 12.3. The quantitative estimate of drug-likeness (QED) is 0.800. The van der Waals surface area contributed by atoms with Gasteiger partial charge in [0.1, 0.15) is 16.8 Å². The van der Waals surface area contributed by atoms with Gasteiger partial charge < -0.3 is 10.5 Å². The number of nitrogens with two attached hydrogens (primary N) is 1. The van der Waals surface area contributed by atoms with Gasteiger partial charge >= 0.3 is 0 Å². The third-order valence-corrected chi connectivity index (χ3v) is 2.83. The molecule has 0 bridgehead atoms. The van der Waals surface area contributed by atoms with Gasteiger partial charge in [0.05, 0.1) is 0 Å². The summed E-state index contributed by atoms with van der Waals surface area (Å²) in [5, 5.41) is 0. The van der Waals surface area contributed by atoms with E-state index in [2.05, 4.69) is 19.9 Å². The number of ether oxygens (including phenoxy) is 1.